The molecule has 0 amide bonds. The zero-order valence-electron chi connectivity index (χ0n) is 14.7. The molecule has 0 saturated carbocycles. The van der Waals surface area contributed by atoms with Crippen LogP contribution in [0, 0.1) is 0 Å². The van der Waals surface area contributed by atoms with Crippen LogP contribution < -0.4 is 0 Å². The van der Waals surface area contributed by atoms with E-state index in [1.807, 2.05) is 0 Å². The summed E-state index contributed by atoms with van der Waals surface area (Å²) in [5.74, 6) is 0. The molecule has 1 heteroatoms. The van der Waals surface area contributed by atoms with Gasteiger partial charge in [0.25, 0.3) is 0 Å². The molecule has 3 aromatic carbocycles. The third kappa shape index (κ3) is 2.51. The molecular formula is C24H24O. The minimum absolute atomic E-state index is 0.130. The molecule has 1 aliphatic heterocycles. The molecule has 25 heavy (non-hydrogen) atoms. The lowest BCUT2D eigenvalue weighted by Gasteiger charge is -2.52. The van der Waals surface area contributed by atoms with Crippen molar-refractivity contribution in [1.82, 2.24) is 0 Å². The summed E-state index contributed by atoms with van der Waals surface area (Å²) >= 11 is 0. The number of hydrogen-bond donors (Lipinski definition) is 0. The highest BCUT2D eigenvalue weighted by Gasteiger charge is 2.54. The molecular weight excluding hydrogens is 304 g/mol. The maximum Gasteiger partial charge on any atom is 0.127 e. The zero-order chi connectivity index (χ0) is 17.2. The van der Waals surface area contributed by atoms with E-state index in [2.05, 4.69) is 97.9 Å². The first-order valence-corrected chi connectivity index (χ1v) is 9.08. The fourth-order valence-corrected chi connectivity index (χ4v) is 4.46. The molecule has 0 aliphatic carbocycles. The largest absolute Gasteiger partial charge is 0.365 e. The topological polar surface area (TPSA) is 9.23 Å². The third-order valence-corrected chi connectivity index (χ3v) is 5.69. The Morgan fingerprint density at radius 1 is 0.640 bits per heavy atom. The third-order valence-electron chi connectivity index (χ3n) is 5.69. The quantitative estimate of drug-likeness (QED) is 0.599. The summed E-state index contributed by atoms with van der Waals surface area (Å²) in [5.41, 5.74) is 3.19. The first-order valence-electron chi connectivity index (χ1n) is 9.08. The van der Waals surface area contributed by atoms with Crippen LogP contribution in [0.1, 0.15) is 36.5 Å². The van der Waals surface area contributed by atoms with Crippen molar-refractivity contribution in [3.63, 3.8) is 0 Å². The van der Waals surface area contributed by atoms with Crippen LogP contribution in [-0.2, 0) is 15.8 Å². The fraction of sp³-hybridized carbons (Fsp3) is 0.250. The van der Waals surface area contributed by atoms with Crippen molar-refractivity contribution in [3.8, 4) is 0 Å². The Labute approximate surface area is 150 Å². The van der Waals surface area contributed by atoms with Crippen molar-refractivity contribution in [2.24, 2.45) is 0 Å². The molecule has 0 N–H and O–H groups in total. The van der Waals surface area contributed by atoms with Gasteiger partial charge < -0.3 is 4.74 Å². The number of hydrogen-bond acceptors (Lipinski definition) is 1. The average molecular weight is 328 g/mol. The van der Waals surface area contributed by atoms with Crippen LogP contribution in [0.25, 0.3) is 0 Å². The molecule has 0 bridgehead atoms. The highest BCUT2D eigenvalue weighted by molar-refractivity contribution is 5.46. The fourth-order valence-electron chi connectivity index (χ4n) is 4.46. The maximum atomic E-state index is 6.71. The molecule has 1 heterocycles. The Hall–Kier alpha value is -2.38. The zero-order valence-corrected chi connectivity index (χ0v) is 14.7. The maximum absolute atomic E-state index is 6.71. The van der Waals surface area contributed by atoms with Gasteiger partial charge in [-0.2, -0.15) is 0 Å². The monoisotopic (exact) mass is 328 g/mol. The van der Waals surface area contributed by atoms with Crippen LogP contribution in [0.3, 0.4) is 0 Å². The smallest absolute Gasteiger partial charge is 0.127 e. The molecule has 126 valence electrons. The van der Waals surface area contributed by atoms with E-state index in [1.54, 1.807) is 0 Å². The Bertz CT molecular complexity index is 771. The minimum Gasteiger partial charge on any atom is -0.365 e. The van der Waals surface area contributed by atoms with Gasteiger partial charge in [0, 0.05) is 12.0 Å². The van der Waals surface area contributed by atoms with Gasteiger partial charge in [-0.3, -0.25) is 0 Å². The first kappa shape index (κ1) is 16.1. The molecule has 1 unspecified atom stereocenters. The van der Waals surface area contributed by atoms with Crippen molar-refractivity contribution >= 4 is 0 Å². The van der Waals surface area contributed by atoms with Crippen LogP contribution in [0.5, 0.6) is 0 Å². The summed E-state index contributed by atoms with van der Waals surface area (Å²) in [4.78, 5) is 0. The molecule has 1 atom stereocenters. The van der Waals surface area contributed by atoms with Gasteiger partial charge in [-0.05, 0) is 29.5 Å². The van der Waals surface area contributed by atoms with Gasteiger partial charge in [0.05, 0.1) is 0 Å². The van der Waals surface area contributed by atoms with Gasteiger partial charge in [0.1, 0.15) is 5.60 Å². The van der Waals surface area contributed by atoms with Crippen LogP contribution in [0.15, 0.2) is 91.0 Å². The summed E-state index contributed by atoms with van der Waals surface area (Å²) in [6.45, 7) is 3.15. The van der Waals surface area contributed by atoms with Crippen LogP contribution >= 0.6 is 0 Å². The SMILES string of the molecule is CC1(c2ccccc2)CCCOC1(c1ccccc1)c1ccccc1. The van der Waals surface area contributed by atoms with Gasteiger partial charge >= 0.3 is 0 Å². The van der Waals surface area contributed by atoms with Crippen LogP contribution in [0.2, 0.25) is 0 Å². The van der Waals surface area contributed by atoms with Gasteiger partial charge in [-0.1, -0.05) is 97.9 Å². The predicted molar refractivity (Wildman–Crippen MR) is 103 cm³/mol. The van der Waals surface area contributed by atoms with E-state index in [1.165, 1.54) is 16.7 Å². The molecule has 0 aromatic heterocycles. The Kier molecular flexibility index (Phi) is 4.19. The molecule has 1 fully saturated rings. The molecule has 0 radical (unpaired) electrons. The Morgan fingerprint density at radius 2 is 1.08 bits per heavy atom. The van der Waals surface area contributed by atoms with E-state index in [-0.39, 0.29) is 5.41 Å². The van der Waals surface area contributed by atoms with E-state index < -0.39 is 5.60 Å². The summed E-state index contributed by atoms with van der Waals surface area (Å²) < 4.78 is 6.71. The number of rotatable bonds is 3. The predicted octanol–water partition coefficient (Wildman–Crippen LogP) is 5.70. The van der Waals surface area contributed by atoms with Crippen molar-refractivity contribution in [2.45, 2.75) is 30.8 Å². The van der Waals surface area contributed by atoms with Gasteiger partial charge in [0.2, 0.25) is 0 Å². The Morgan fingerprint density at radius 3 is 1.56 bits per heavy atom. The molecule has 3 aromatic rings. The summed E-state index contributed by atoms with van der Waals surface area (Å²) in [6, 6.07) is 32.3. The normalized spacial score (nSPS) is 22.4. The highest BCUT2D eigenvalue weighted by Crippen LogP contribution is 2.54. The van der Waals surface area contributed by atoms with Gasteiger partial charge in [-0.25, -0.2) is 0 Å². The average Bonchev–Trinajstić information content (AvgIpc) is 2.70. The molecule has 4 rings (SSSR count). The van der Waals surface area contributed by atoms with Gasteiger partial charge in [0.15, 0.2) is 0 Å². The lowest BCUT2D eigenvalue weighted by atomic mass is 9.59. The minimum atomic E-state index is -0.477. The van der Waals surface area contributed by atoms with Crippen molar-refractivity contribution in [2.75, 3.05) is 6.61 Å². The second kappa shape index (κ2) is 6.50. The van der Waals surface area contributed by atoms with E-state index in [0.717, 1.165) is 19.4 Å². The summed E-state index contributed by atoms with van der Waals surface area (Å²) in [7, 11) is 0. The molecule has 0 spiro atoms. The van der Waals surface area contributed by atoms with Crippen molar-refractivity contribution < 1.29 is 4.74 Å². The number of benzene rings is 3. The molecule has 1 nitrogen and oxygen atoms in total. The van der Waals surface area contributed by atoms with E-state index in [4.69, 9.17) is 4.74 Å². The van der Waals surface area contributed by atoms with Crippen molar-refractivity contribution in [3.05, 3.63) is 108 Å². The van der Waals surface area contributed by atoms with E-state index >= 15 is 0 Å². The lowest BCUT2D eigenvalue weighted by molar-refractivity contribution is -0.109. The highest BCUT2D eigenvalue weighted by atomic mass is 16.5. The molecule has 1 aliphatic rings. The van der Waals surface area contributed by atoms with Crippen LogP contribution in [0.4, 0.5) is 0 Å². The van der Waals surface area contributed by atoms with Crippen molar-refractivity contribution in [1.29, 1.82) is 0 Å². The first-order chi connectivity index (χ1) is 12.3. The standard InChI is InChI=1S/C24H24O/c1-23(20-12-5-2-6-13-20)18-11-19-25-24(23,21-14-7-3-8-15-21)22-16-9-4-10-17-22/h2-10,12-17H,11,18-19H2,1H3. The van der Waals surface area contributed by atoms with E-state index in [0.29, 0.717) is 0 Å². The van der Waals surface area contributed by atoms with Crippen LogP contribution in [-0.4, -0.2) is 6.61 Å². The Balaban J connectivity index is 2.01. The van der Waals surface area contributed by atoms with E-state index in [9.17, 15) is 0 Å². The summed E-state index contributed by atoms with van der Waals surface area (Å²) in [5, 5.41) is 0. The van der Waals surface area contributed by atoms with Gasteiger partial charge in [-0.15, -0.1) is 0 Å². The summed E-state index contributed by atoms with van der Waals surface area (Å²) in [6.07, 6.45) is 2.17. The lowest BCUT2D eigenvalue weighted by Crippen LogP contribution is -2.53. The second-order valence-corrected chi connectivity index (χ2v) is 7.06. The second-order valence-electron chi connectivity index (χ2n) is 7.06. The molecule has 1 saturated heterocycles. The number of ether oxygens (including phenoxy) is 1.